The van der Waals surface area contributed by atoms with E-state index in [1.807, 2.05) is 13.8 Å². The molecular formula is C12H17NO4S. The van der Waals surface area contributed by atoms with E-state index in [1.54, 1.807) is 11.4 Å². The molecule has 1 aromatic rings. The van der Waals surface area contributed by atoms with Crippen molar-refractivity contribution in [1.82, 2.24) is 5.32 Å². The van der Waals surface area contributed by atoms with Gasteiger partial charge in [-0.3, -0.25) is 9.59 Å². The first-order chi connectivity index (χ1) is 8.43. The molecule has 2 N–H and O–H groups in total. The van der Waals surface area contributed by atoms with E-state index in [1.165, 1.54) is 18.4 Å². The molecule has 100 valence electrons. The number of nitrogens with one attached hydrogen (secondary N) is 1. The van der Waals surface area contributed by atoms with Crippen LogP contribution in [0.4, 0.5) is 0 Å². The Bertz CT molecular complexity index is 427. The molecule has 1 aromatic heterocycles. The number of amides is 1. The highest BCUT2D eigenvalue weighted by Crippen LogP contribution is 2.21. The van der Waals surface area contributed by atoms with E-state index in [0.29, 0.717) is 10.6 Å². The summed E-state index contributed by atoms with van der Waals surface area (Å²) in [6, 6.07) is 1.26. The molecule has 0 aromatic carbocycles. The minimum atomic E-state index is -0.919. The van der Waals surface area contributed by atoms with Gasteiger partial charge in [0.15, 0.2) is 0 Å². The van der Waals surface area contributed by atoms with Gasteiger partial charge in [0.2, 0.25) is 0 Å². The number of ether oxygens (including phenoxy) is 1. The average molecular weight is 271 g/mol. The molecule has 0 radical (unpaired) electrons. The molecule has 1 rings (SSSR count). The van der Waals surface area contributed by atoms with Gasteiger partial charge in [0, 0.05) is 17.5 Å². The lowest BCUT2D eigenvalue weighted by molar-refractivity contribution is -0.137. The SMILES string of the molecule is COc1csc(C(=O)NC(CC(=O)O)C(C)C)c1. The molecule has 0 aliphatic carbocycles. The molecule has 0 saturated carbocycles. The molecule has 1 amide bonds. The van der Waals surface area contributed by atoms with Gasteiger partial charge < -0.3 is 15.2 Å². The summed E-state index contributed by atoms with van der Waals surface area (Å²) in [7, 11) is 1.53. The normalized spacial score (nSPS) is 12.2. The Morgan fingerprint density at radius 2 is 2.17 bits per heavy atom. The van der Waals surface area contributed by atoms with Gasteiger partial charge in [0.25, 0.3) is 5.91 Å². The van der Waals surface area contributed by atoms with Crippen LogP contribution in [0, 0.1) is 5.92 Å². The number of hydrogen-bond donors (Lipinski definition) is 2. The number of carboxylic acid groups (broad SMARTS) is 1. The summed E-state index contributed by atoms with van der Waals surface area (Å²) >= 11 is 1.27. The smallest absolute Gasteiger partial charge is 0.305 e. The maximum absolute atomic E-state index is 11.9. The maximum atomic E-state index is 11.9. The number of rotatable bonds is 6. The van der Waals surface area contributed by atoms with Crippen molar-refractivity contribution in [1.29, 1.82) is 0 Å². The second-order valence-electron chi connectivity index (χ2n) is 4.27. The summed E-state index contributed by atoms with van der Waals surface area (Å²) in [5.74, 6) is -0.489. The molecule has 0 bridgehead atoms. The number of thiophene rings is 1. The van der Waals surface area contributed by atoms with Crippen LogP contribution in [0.25, 0.3) is 0 Å². The predicted octanol–water partition coefficient (Wildman–Crippen LogP) is 1.99. The monoisotopic (exact) mass is 271 g/mol. The summed E-state index contributed by atoms with van der Waals surface area (Å²) in [5, 5.41) is 13.3. The fraction of sp³-hybridized carbons (Fsp3) is 0.500. The molecule has 0 saturated heterocycles. The number of methoxy groups -OCH3 is 1. The largest absolute Gasteiger partial charge is 0.496 e. The lowest BCUT2D eigenvalue weighted by atomic mass is 10.0. The molecule has 6 heteroatoms. The first-order valence-corrected chi connectivity index (χ1v) is 6.47. The van der Waals surface area contributed by atoms with E-state index >= 15 is 0 Å². The van der Waals surface area contributed by atoms with E-state index in [-0.39, 0.29) is 24.3 Å². The maximum Gasteiger partial charge on any atom is 0.305 e. The number of hydrogen-bond acceptors (Lipinski definition) is 4. The first kappa shape index (κ1) is 14.5. The molecule has 0 aliphatic rings. The Morgan fingerprint density at radius 3 is 2.61 bits per heavy atom. The molecule has 18 heavy (non-hydrogen) atoms. The van der Waals surface area contributed by atoms with E-state index in [2.05, 4.69) is 5.32 Å². The number of aliphatic carboxylic acids is 1. The van der Waals surface area contributed by atoms with Gasteiger partial charge in [0.1, 0.15) is 5.75 Å². The van der Waals surface area contributed by atoms with Crippen LogP contribution >= 0.6 is 11.3 Å². The molecule has 0 aliphatic heterocycles. The summed E-state index contributed by atoms with van der Waals surface area (Å²) in [6.45, 7) is 3.76. The number of carbonyl (C=O) groups excluding carboxylic acids is 1. The number of carboxylic acids is 1. The zero-order chi connectivity index (χ0) is 13.7. The zero-order valence-corrected chi connectivity index (χ0v) is 11.4. The molecule has 1 atom stereocenters. The van der Waals surface area contributed by atoms with Crippen molar-refractivity contribution in [2.45, 2.75) is 26.3 Å². The zero-order valence-electron chi connectivity index (χ0n) is 10.6. The lowest BCUT2D eigenvalue weighted by Gasteiger charge is -2.20. The van der Waals surface area contributed by atoms with Gasteiger partial charge in [0.05, 0.1) is 18.4 Å². The van der Waals surface area contributed by atoms with Gasteiger partial charge in [-0.25, -0.2) is 0 Å². The van der Waals surface area contributed by atoms with Gasteiger partial charge in [-0.2, -0.15) is 0 Å². The standard InChI is InChI=1S/C12H17NO4S/c1-7(2)9(5-11(14)15)13-12(16)10-4-8(17-3)6-18-10/h4,6-7,9H,5H2,1-3H3,(H,13,16)(H,14,15). The highest BCUT2D eigenvalue weighted by Gasteiger charge is 2.20. The van der Waals surface area contributed by atoms with Crippen LogP contribution < -0.4 is 10.1 Å². The fourth-order valence-corrected chi connectivity index (χ4v) is 2.18. The van der Waals surface area contributed by atoms with Crippen molar-refractivity contribution >= 4 is 23.2 Å². The molecular weight excluding hydrogens is 254 g/mol. The topological polar surface area (TPSA) is 75.6 Å². The van der Waals surface area contributed by atoms with Crippen molar-refractivity contribution in [3.8, 4) is 5.75 Å². The van der Waals surface area contributed by atoms with Gasteiger partial charge >= 0.3 is 5.97 Å². The predicted molar refractivity (Wildman–Crippen MR) is 69.2 cm³/mol. The summed E-state index contributed by atoms with van der Waals surface area (Å²) in [4.78, 5) is 23.2. The Labute approximate surface area is 110 Å². The molecule has 0 fully saturated rings. The van der Waals surface area contributed by atoms with Gasteiger partial charge in [-0.05, 0) is 5.92 Å². The molecule has 0 spiro atoms. The van der Waals surface area contributed by atoms with Crippen LogP contribution in [-0.4, -0.2) is 30.1 Å². The first-order valence-electron chi connectivity index (χ1n) is 5.59. The van der Waals surface area contributed by atoms with Crippen LogP contribution in [0.15, 0.2) is 11.4 Å². The Hall–Kier alpha value is -1.56. The van der Waals surface area contributed by atoms with Crippen LogP contribution in [0.3, 0.4) is 0 Å². The number of carbonyl (C=O) groups is 2. The van der Waals surface area contributed by atoms with E-state index < -0.39 is 5.97 Å². The van der Waals surface area contributed by atoms with Crippen molar-refractivity contribution in [2.75, 3.05) is 7.11 Å². The average Bonchev–Trinajstić information content (AvgIpc) is 2.75. The van der Waals surface area contributed by atoms with Gasteiger partial charge in [-0.1, -0.05) is 13.8 Å². The minimum Gasteiger partial charge on any atom is -0.496 e. The lowest BCUT2D eigenvalue weighted by Crippen LogP contribution is -2.39. The third-order valence-electron chi connectivity index (χ3n) is 2.55. The Balaban J connectivity index is 2.68. The fourth-order valence-electron chi connectivity index (χ4n) is 1.43. The highest BCUT2D eigenvalue weighted by atomic mass is 32.1. The summed E-state index contributed by atoms with van der Waals surface area (Å²) in [5.41, 5.74) is 0. The van der Waals surface area contributed by atoms with Crippen LogP contribution in [-0.2, 0) is 4.79 Å². The molecule has 1 heterocycles. The molecule has 5 nitrogen and oxygen atoms in total. The highest BCUT2D eigenvalue weighted by molar-refractivity contribution is 7.12. The summed E-state index contributed by atoms with van der Waals surface area (Å²) in [6.07, 6.45) is -0.0775. The summed E-state index contributed by atoms with van der Waals surface area (Å²) < 4.78 is 5.00. The van der Waals surface area contributed by atoms with Crippen LogP contribution in [0.2, 0.25) is 0 Å². The Kier molecular flexibility index (Phi) is 5.15. The van der Waals surface area contributed by atoms with Crippen molar-refractivity contribution in [3.05, 3.63) is 16.3 Å². The van der Waals surface area contributed by atoms with Crippen molar-refractivity contribution < 1.29 is 19.4 Å². The van der Waals surface area contributed by atoms with Crippen molar-refractivity contribution in [3.63, 3.8) is 0 Å². The van der Waals surface area contributed by atoms with E-state index in [0.717, 1.165) is 0 Å². The van der Waals surface area contributed by atoms with Gasteiger partial charge in [-0.15, -0.1) is 11.3 Å². The third kappa shape index (κ3) is 4.03. The second-order valence-corrected chi connectivity index (χ2v) is 5.18. The molecule has 1 unspecified atom stereocenters. The quantitative estimate of drug-likeness (QED) is 0.829. The third-order valence-corrected chi connectivity index (χ3v) is 3.46. The minimum absolute atomic E-state index is 0.0620. The van der Waals surface area contributed by atoms with E-state index in [9.17, 15) is 9.59 Å². The Morgan fingerprint density at radius 1 is 1.50 bits per heavy atom. The second kappa shape index (κ2) is 6.39. The van der Waals surface area contributed by atoms with Crippen LogP contribution in [0.1, 0.15) is 29.9 Å². The van der Waals surface area contributed by atoms with Crippen LogP contribution in [0.5, 0.6) is 5.75 Å². The van der Waals surface area contributed by atoms with E-state index in [4.69, 9.17) is 9.84 Å². The van der Waals surface area contributed by atoms with Crippen molar-refractivity contribution in [2.24, 2.45) is 5.92 Å².